The number of rotatable bonds is 2. The van der Waals surface area contributed by atoms with Crippen LogP contribution in [0.1, 0.15) is 0 Å². The molecule has 2 aromatic heterocycles. The van der Waals surface area contributed by atoms with Crippen molar-refractivity contribution < 1.29 is 8.94 Å². The summed E-state index contributed by atoms with van der Waals surface area (Å²) < 4.78 is 11.3. The Balaban J connectivity index is 1.98. The summed E-state index contributed by atoms with van der Waals surface area (Å²) in [6.07, 6.45) is 1.57. The minimum Gasteiger partial charge on any atom is -0.459 e. The normalized spacial score (nSPS) is 10.6. The number of nitrogens with zero attached hydrogens (tertiary/aromatic N) is 2. The Labute approximate surface area is 105 Å². The third kappa shape index (κ3) is 2.01. The number of hydrogen-bond acceptors (Lipinski definition) is 4. The van der Waals surface area contributed by atoms with Gasteiger partial charge in [0.1, 0.15) is 0 Å². The third-order valence-electron chi connectivity index (χ3n) is 2.26. The highest BCUT2D eigenvalue weighted by atomic mass is 79.9. The largest absolute Gasteiger partial charge is 0.459 e. The average molecular weight is 291 g/mol. The molecule has 0 radical (unpaired) electrons. The van der Waals surface area contributed by atoms with Gasteiger partial charge in [0.15, 0.2) is 5.76 Å². The molecule has 84 valence electrons. The van der Waals surface area contributed by atoms with Gasteiger partial charge in [0, 0.05) is 10.0 Å². The molecular formula is C12H7BrN2O2. The first-order valence-corrected chi connectivity index (χ1v) is 5.76. The second kappa shape index (κ2) is 4.18. The first kappa shape index (κ1) is 10.3. The summed E-state index contributed by atoms with van der Waals surface area (Å²) in [6, 6.07) is 11.2. The monoisotopic (exact) mass is 290 g/mol. The van der Waals surface area contributed by atoms with Crippen molar-refractivity contribution in [2.75, 3.05) is 0 Å². The maximum atomic E-state index is 5.18. The molecule has 1 aromatic carbocycles. The van der Waals surface area contributed by atoms with Crippen molar-refractivity contribution in [2.45, 2.75) is 0 Å². The molecule has 2 heterocycles. The lowest BCUT2D eigenvalue weighted by molar-refractivity contribution is 0.417. The molecule has 3 aromatic rings. The van der Waals surface area contributed by atoms with E-state index >= 15 is 0 Å². The number of furan rings is 1. The summed E-state index contributed by atoms with van der Waals surface area (Å²) in [5, 5.41) is 3.91. The highest BCUT2D eigenvalue weighted by Crippen LogP contribution is 2.23. The highest BCUT2D eigenvalue weighted by Gasteiger charge is 2.12. The summed E-state index contributed by atoms with van der Waals surface area (Å²) in [5.41, 5.74) is 0.898. The Bertz CT molecular complexity index is 614. The third-order valence-corrected chi connectivity index (χ3v) is 2.79. The lowest BCUT2D eigenvalue weighted by atomic mass is 10.2. The van der Waals surface area contributed by atoms with Crippen LogP contribution in [0.15, 0.2) is 56.1 Å². The van der Waals surface area contributed by atoms with Crippen LogP contribution in [-0.4, -0.2) is 10.1 Å². The number of aromatic nitrogens is 2. The quantitative estimate of drug-likeness (QED) is 0.721. The topological polar surface area (TPSA) is 52.1 Å². The fourth-order valence-electron chi connectivity index (χ4n) is 1.44. The van der Waals surface area contributed by atoms with Gasteiger partial charge in [-0.2, -0.15) is 4.98 Å². The smallest absolute Gasteiger partial charge is 0.293 e. The Morgan fingerprint density at radius 2 is 1.88 bits per heavy atom. The zero-order valence-corrected chi connectivity index (χ0v) is 10.2. The van der Waals surface area contributed by atoms with Gasteiger partial charge in [-0.3, -0.25) is 0 Å². The predicted molar refractivity (Wildman–Crippen MR) is 65.1 cm³/mol. The molecule has 0 aliphatic carbocycles. The Morgan fingerprint density at radius 1 is 1.06 bits per heavy atom. The van der Waals surface area contributed by atoms with Gasteiger partial charge in [0.25, 0.3) is 5.89 Å². The predicted octanol–water partition coefficient (Wildman–Crippen LogP) is 3.76. The molecule has 0 N–H and O–H groups in total. The van der Waals surface area contributed by atoms with Crippen LogP contribution in [-0.2, 0) is 0 Å². The van der Waals surface area contributed by atoms with E-state index in [9.17, 15) is 0 Å². The van der Waals surface area contributed by atoms with E-state index in [-0.39, 0.29) is 0 Å². The Kier molecular flexibility index (Phi) is 2.53. The number of hydrogen-bond donors (Lipinski definition) is 0. The van der Waals surface area contributed by atoms with Gasteiger partial charge in [0.2, 0.25) is 5.82 Å². The Morgan fingerprint density at radius 3 is 2.59 bits per heavy atom. The molecule has 0 saturated carbocycles. The molecule has 0 aliphatic heterocycles. The molecule has 3 rings (SSSR count). The van der Waals surface area contributed by atoms with E-state index in [0.717, 1.165) is 10.0 Å². The van der Waals surface area contributed by atoms with Gasteiger partial charge in [-0.25, -0.2) is 0 Å². The fourth-order valence-corrected chi connectivity index (χ4v) is 1.70. The summed E-state index contributed by atoms with van der Waals surface area (Å²) in [7, 11) is 0. The molecule has 0 aliphatic rings. The van der Waals surface area contributed by atoms with Crippen LogP contribution in [0.2, 0.25) is 0 Å². The van der Waals surface area contributed by atoms with Gasteiger partial charge < -0.3 is 8.94 Å². The molecule has 0 bridgehead atoms. The molecule has 0 unspecified atom stereocenters. The van der Waals surface area contributed by atoms with Crippen molar-refractivity contribution in [1.29, 1.82) is 0 Å². The summed E-state index contributed by atoms with van der Waals surface area (Å²) in [4.78, 5) is 4.27. The molecule has 0 saturated heterocycles. The van der Waals surface area contributed by atoms with Crippen LogP contribution in [0.25, 0.3) is 23.0 Å². The molecular weight excluding hydrogens is 284 g/mol. The summed E-state index contributed by atoms with van der Waals surface area (Å²) >= 11 is 3.38. The van der Waals surface area contributed by atoms with E-state index in [2.05, 4.69) is 26.1 Å². The van der Waals surface area contributed by atoms with Crippen molar-refractivity contribution in [3.8, 4) is 23.0 Å². The van der Waals surface area contributed by atoms with Crippen molar-refractivity contribution in [2.24, 2.45) is 0 Å². The van der Waals surface area contributed by atoms with E-state index in [1.807, 2.05) is 24.3 Å². The van der Waals surface area contributed by atoms with E-state index in [1.54, 1.807) is 18.4 Å². The SMILES string of the molecule is Brc1ccc(-c2noc(-c3ccco3)n2)cc1. The van der Waals surface area contributed by atoms with Crippen LogP contribution in [0, 0.1) is 0 Å². The standard InChI is InChI=1S/C12H7BrN2O2/c13-9-5-3-8(4-6-9)11-14-12(17-15-11)10-2-1-7-16-10/h1-7H. The van der Waals surface area contributed by atoms with E-state index in [1.165, 1.54) is 0 Å². The Hall–Kier alpha value is -1.88. The van der Waals surface area contributed by atoms with Crippen molar-refractivity contribution >= 4 is 15.9 Å². The van der Waals surface area contributed by atoms with Crippen LogP contribution in [0.4, 0.5) is 0 Å². The molecule has 5 heteroatoms. The van der Waals surface area contributed by atoms with Gasteiger partial charge in [-0.1, -0.05) is 21.1 Å². The van der Waals surface area contributed by atoms with E-state index in [0.29, 0.717) is 17.5 Å². The van der Waals surface area contributed by atoms with Crippen molar-refractivity contribution in [3.63, 3.8) is 0 Å². The zero-order chi connectivity index (χ0) is 11.7. The van der Waals surface area contributed by atoms with Crippen LogP contribution < -0.4 is 0 Å². The molecule has 4 nitrogen and oxygen atoms in total. The second-order valence-corrected chi connectivity index (χ2v) is 4.32. The average Bonchev–Trinajstić information content (AvgIpc) is 3.00. The van der Waals surface area contributed by atoms with Gasteiger partial charge in [-0.05, 0) is 36.4 Å². The molecule has 0 atom stereocenters. The molecule has 0 fully saturated rings. The molecule has 0 amide bonds. The van der Waals surface area contributed by atoms with Crippen LogP contribution >= 0.6 is 15.9 Å². The van der Waals surface area contributed by atoms with E-state index in [4.69, 9.17) is 8.94 Å². The zero-order valence-electron chi connectivity index (χ0n) is 8.63. The number of benzene rings is 1. The minimum atomic E-state index is 0.382. The second-order valence-electron chi connectivity index (χ2n) is 3.41. The van der Waals surface area contributed by atoms with Crippen molar-refractivity contribution in [1.82, 2.24) is 10.1 Å². The lowest BCUT2D eigenvalue weighted by Crippen LogP contribution is -1.80. The summed E-state index contributed by atoms with van der Waals surface area (Å²) in [5.74, 6) is 1.50. The molecule has 0 spiro atoms. The maximum Gasteiger partial charge on any atom is 0.293 e. The van der Waals surface area contributed by atoms with E-state index < -0.39 is 0 Å². The maximum absolute atomic E-state index is 5.18. The van der Waals surface area contributed by atoms with Crippen LogP contribution in [0.5, 0.6) is 0 Å². The minimum absolute atomic E-state index is 0.382. The highest BCUT2D eigenvalue weighted by molar-refractivity contribution is 9.10. The van der Waals surface area contributed by atoms with Gasteiger partial charge in [0.05, 0.1) is 6.26 Å². The van der Waals surface area contributed by atoms with Gasteiger partial charge >= 0.3 is 0 Å². The lowest BCUT2D eigenvalue weighted by Gasteiger charge is -1.93. The fraction of sp³-hybridized carbons (Fsp3) is 0. The first-order valence-electron chi connectivity index (χ1n) is 4.96. The van der Waals surface area contributed by atoms with Crippen molar-refractivity contribution in [3.05, 3.63) is 47.1 Å². The summed E-state index contributed by atoms with van der Waals surface area (Å²) in [6.45, 7) is 0. The first-order chi connectivity index (χ1) is 8.33. The number of halogens is 1. The van der Waals surface area contributed by atoms with Crippen LogP contribution in [0.3, 0.4) is 0 Å². The molecule has 17 heavy (non-hydrogen) atoms. The van der Waals surface area contributed by atoms with Gasteiger partial charge in [-0.15, -0.1) is 0 Å².